The van der Waals surface area contributed by atoms with E-state index in [9.17, 15) is 20.1 Å². The standard InChI is InChI=1S/C12H16O7/c1-17-6-4-7(13)9(8(5-6)18-2)10(14)11(15)12(16)19-3/h4-5,10-11,13-15H,1-3H3. The van der Waals surface area contributed by atoms with Gasteiger partial charge in [-0.05, 0) is 0 Å². The number of aliphatic hydroxyl groups excluding tert-OH is 2. The van der Waals surface area contributed by atoms with Gasteiger partial charge in [0.2, 0.25) is 0 Å². The largest absolute Gasteiger partial charge is 0.507 e. The van der Waals surface area contributed by atoms with Gasteiger partial charge in [0, 0.05) is 12.1 Å². The summed E-state index contributed by atoms with van der Waals surface area (Å²) in [6.45, 7) is 0. The van der Waals surface area contributed by atoms with Crippen molar-refractivity contribution in [2.24, 2.45) is 0 Å². The minimum absolute atomic E-state index is 0.0762. The fourth-order valence-electron chi connectivity index (χ4n) is 1.58. The van der Waals surface area contributed by atoms with E-state index in [-0.39, 0.29) is 17.1 Å². The van der Waals surface area contributed by atoms with E-state index in [0.29, 0.717) is 5.75 Å². The van der Waals surface area contributed by atoms with Crippen LogP contribution in [-0.4, -0.2) is 48.7 Å². The quantitative estimate of drug-likeness (QED) is 0.647. The van der Waals surface area contributed by atoms with Crippen molar-refractivity contribution >= 4 is 5.97 Å². The van der Waals surface area contributed by atoms with Crippen molar-refractivity contribution in [1.29, 1.82) is 0 Å². The van der Waals surface area contributed by atoms with E-state index >= 15 is 0 Å². The average Bonchev–Trinajstić information content (AvgIpc) is 2.43. The normalized spacial score (nSPS) is 13.5. The molecule has 106 valence electrons. The number of carbonyl (C=O) groups excluding carboxylic acids is 1. The average molecular weight is 272 g/mol. The molecule has 0 heterocycles. The van der Waals surface area contributed by atoms with Crippen LogP contribution in [-0.2, 0) is 9.53 Å². The van der Waals surface area contributed by atoms with Crippen LogP contribution < -0.4 is 9.47 Å². The van der Waals surface area contributed by atoms with Gasteiger partial charge in [0.25, 0.3) is 0 Å². The number of ether oxygens (including phenoxy) is 3. The van der Waals surface area contributed by atoms with Gasteiger partial charge in [-0.25, -0.2) is 4.79 Å². The third kappa shape index (κ3) is 3.07. The van der Waals surface area contributed by atoms with Gasteiger partial charge in [-0.2, -0.15) is 0 Å². The van der Waals surface area contributed by atoms with E-state index in [1.165, 1.54) is 26.4 Å². The number of rotatable bonds is 5. The van der Waals surface area contributed by atoms with Crippen LogP contribution in [0.25, 0.3) is 0 Å². The maximum Gasteiger partial charge on any atom is 0.337 e. The fourth-order valence-corrected chi connectivity index (χ4v) is 1.58. The van der Waals surface area contributed by atoms with Crippen molar-refractivity contribution in [2.45, 2.75) is 12.2 Å². The first-order valence-corrected chi connectivity index (χ1v) is 5.35. The van der Waals surface area contributed by atoms with Gasteiger partial charge >= 0.3 is 5.97 Å². The number of phenolic OH excluding ortho intramolecular Hbond substituents is 1. The Morgan fingerprint density at radius 1 is 1.16 bits per heavy atom. The molecule has 0 saturated heterocycles. The summed E-state index contributed by atoms with van der Waals surface area (Å²) in [6, 6.07) is 2.63. The van der Waals surface area contributed by atoms with Gasteiger partial charge in [0.15, 0.2) is 6.10 Å². The molecule has 2 atom stereocenters. The molecule has 0 saturated carbocycles. The number of aromatic hydroxyl groups is 1. The Hall–Kier alpha value is -1.99. The lowest BCUT2D eigenvalue weighted by Crippen LogP contribution is -2.29. The molecule has 0 radical (unpaired) electrons. The molecule has 0 aliphatic heterocycles. The maximum atomic E-state index is 11.2. The lowest BCUT2D eigenvalue weighted by Gasteiger charge is -2.20. The van der Waals surface area contributed by atoms with Gasteiger partial charge in [-0.15, -0.1) is 0 Å². The van der Waals surface area contributed by atoms with Gasteiger partial charge in [-0.3, -0.25) is 0 Å². The molecule has 7 nitrogen and oxygen atoms in total. The zero-order chi connectivity index (χ0) is 14.6. The Kier molecular flexibility index (Phi) is 4.96. The highest BCUT2D eigenvalue weighted by atomic mass is 16.5. The fraction of sp³-hybridized carbons (Fsp3) is 0.417. The lowest BCUT2D eigenvalue weighted by atomic mass is 10.0. The number of phenols is 1. The summed E-state index contributed by atoms with van der Waals surface area (Å²) in [6.07, 6.45) is -3.52. The predicted molar refractivity (Wildman–Crippen MR) is 64.2 cm³/mol. The molecule has 7 heteroatoms. The Morgan fingerprint density at radius 2 is 1.79 bits per heavy atom. The minimum atomic E-state index is -1.84. The number of esters is 1. The van der Waals surface area contributed by atoms with Crippen molar-refractivity contribution < 1.29 is 34.3 Å². The van der Waals surface area contributed by atoms with E-state index in [4.69, 9.17) is 9.47 Å². The first-order valence-electron chi connectivity index (χ1n) is 5.35. The van der Waals surface area contributed by atoms with Crippen LogP contribution in [0.5, 0.6) is 17.2 Å². The van der Waals surface area contributed by atoms with Gasteiger partial charge < -0.3 is 29.5 Å². The summed E-state index contributed by atoms with van der Waals surface area (Å²) < 4.78 is 14.2. The lowest BCUT2D eigenvalue weighted by molar-refractivity contribution is -0.156. The highest BCUT2D eigenvalue weighted by Gasteiger charge is 2.31. The molecule has 0 aliphatic carbocycles. The topological polar surface area (TPSA) is 105 Å². The molecule has 2 unspecified atom stereocenters. The predicted octanol–water partition coefficient (Wildman–Crippen LogP) is -0.0233. The molecule has 0 aromatic heterocycles. The second-order valence-electron chi connectivity index (χ2n) is 3.68. The zero-order valence-corrected chi connectivity index (χ0v) is 10.8. The second kappa shape index (κ2) is 6.26. The first-order chi connectivity index (χ1) is 8.96. The third-order valence-corrected chi connectivity index (χ3v) is 2.59. The van der Waals surface area contributed by atoms with E-state index in [1.54, 1.807) is 0 Å². The molecule has 19 heavy (non-hydrogen) atoms. The molecule has 0 amide bonds. The minimum Gasteiger partial charge on any atom is -0.507 e. The second-order valence-corrected chi connectivity index (χ2v) is 3.68. The zero-order valence-electron chi connectivity index (χ0n) is 10.8. The Bertz CT molecular complexity index is 458. The van der Waals surface area contributed by atoms with Gasteiger partial charge in [0.1, 0.15) is 23.4 Å². The summed E-state index contributed by atoms with van der Waals surface area (Å²) in [4.78, 5) is 11.2. The third-order valence-electron chi connectivity index (χ3n) is 2.59. The molecule has 0 spiro atoms. The van der Waals surface area contributed by atoms with Crippen molar-refractivity contribution in [2.75, 3.05) is 21.3 Å². The van der Waals surface area contributed by atoms with E-state index in [1.807, 2.05) is 0 Å². The van der Waals surface area contributed by atoms with Crippen LogP contribution in [0.15, 0.2) is 12.1 Å². The van der Waals surface area contributed by atoms with Crippen molar-refractivity contribution in [3.63, 3.8) is 0 Å². The number of hydrogen-bond donors (Lipinski definition) is 3. The SMILES string of the molecule is COC(=O)C(O)C(O)c1c(O)cc(OC)cc1OC. The molecule has 1 aromatic rings. The Balaban J connectivity index is 3.22. The smallest absolute Gasteiger partial charge is 0.337 e. The number of carbonyl (C=O) groups is 1. The van der Waals surface area contributed by atoms with Gasteiger partial charge in [-0.1, -0.05) is 0 Å². The van der Waals surface area contributed by atoms with E-state index in [2.05, 4.69) is 4.74 Å². The number of methoxy groups -OCH3 is 3. The number of hydrogen-bond acceptors (Lipinski definition) is 7. The van der Waals surface area contributed by atoms with Crippen LogP contribution in [0.2, 0.25) is 0 Å². The van der Waals surface area contributed by atoms with Crippen molar-refractivity contribution in [1.82, 2.24) is 0 Å². The number of benzene rings is 1. The van der Waals surface area contributed by atoms with Crippen LogP contribution in [0.1, 0.15) is 11.7 Å². The summed E-state index contributed by atoms with van der Waals surface area (Å²) in [5, 5.41) is 29.3. The molecular weight excluding hydrogens is 256 g/mol. The Morgan fingerprint density at radius 3 is 2.26 bits per heavy atom. The van der Waals surface area contributed by atoms with Crippen LogP contribution >= 0.6 is 0 Å². The summed E-state index contributed by atoms with van der Waals surface area (Å²) in [7, 11) is 3.78. The highest BCUT2D eigenvalue weighted by molar-refractivity contribution is 5.75. The van der Waals surface area contributed by atoms with Crippen LogP contribution in [0.3, 0.4) is 0 Å². The molecule has 0 aliphatic rings. The highest BCUT2D eigenvalue weighted by Crippen LogP contribution is 2.38. The molecular formula is C12H16O7. The van der Waals surface area contributed by atoms with E-state index in [0.717, 1.165) is 7.11 Å². The molecule has 0 fully saturated rings. The summed E-state index contributed by atoms with van der Waals surface area (Å²) in [5.41, 5.74) is -0.124. The summed E-state index contributed by atoms with van der Waals surface area (Å²) in [5.74, 6) is -1.01. The van der Waals surface area contributed by atoms with Crippen LogP contribution in [0, 0.1) is 0 Å². The molecule has 1 rings (SSSR count). The molecule has 1 aromatic carbocycles. The van der Waals surface area contributed by atoms with Gasteiger partial charge in [0.05, 0.1) is 26.9 Å². The molecule has 3 N–H and O–H groups in total. The monoisotopic (exact) mass is 272 g/mol. The number of aliphatic hydroxyl groups is 2. The molecule has 0 bridgehead atoms. The summed E-state index contributed by atoms with van der Waals surface area (Å²) >= 11 is 0. The van der Waals surface area contributed by atoms with Crippen molar-refractivity contribution in [3.8, 4) is 17.2 Å². The Labute approximate surface area is 110 Å². The first kappa shape index (κ1) is 15.1. The van der Waals surface area contributed by atoms with E-state index < -0.39 is 18.2 Å². The van der Waals surface area contributed by atoms with Crippen LogP contribution in [0.4, 0.5) is 0 Å². The van der Waals surface area contributed by atoms with Crippen molar-refractivity contribution in [3.05, 3.63) is 17.7 Å². The maximum absolute atomic E-state index is 11.2.